The Labute approximate surface area is 119 Å². The topological polar surface area (TPSA) is 27.7 Å². The molecule has 17 heavy (non-hydrogen) atoms. The van der Waals surface area contributed by atoms with E-state index < -0.39 is 5.79 Å². The van der Waals surface area contributed by atoms with Crippen LogP contribution in [0.4, 0.5) is 0 Å². The summed E-state index contributed by atoms with van der Waals surface area (Å²) in [6, 6.07) is 0. The molecule has 0 aliphatic carbocycles. The fraction of sp³-hybridized carbons (Fsp3) is 0.833. The molecule has 2 fully saturated rings. The van der Waals surface area contributed by atoms with Gasteiger partial charge in [0.1, 0.15) is 6.10 Å². The SMILES string of the molecule is CC[C@@]1(C=C(Br)Br)O[C@@H]2OC(C)(C)OC2[C@H]1C. The predicted octanol–water partition coefficient (Wildman–Crippen LogP) is 3.91. The third-order valence-electron chi connectivity index (χ3n) is 3.59. The first-order valence-electron chi connectivity index (χ1n) is 5.87. The summed E-state index contributed by atoms with van der Waals surface area (Å²) in [6.07, 6.45) is 2.67. The Morgan fingerprint density at radius 3 is 2.35 bits per heavy atom. The highest BCUT2D eigenvalue weighted by atomic mass is 79.9. The third-order valence-corrected chi connectivity index (χ3v) is 4.05. The Balaban J connectivity index is 2.24. The van der Waals surface area contributed by atoms with E-state index in [1.54, 1.807) is 0 Å². The molecule has 0 aromatic rings. The van der Waals surface area contributed by atoms with E-state index in [0.717, 1.165) is 9.81 Å². The van der Waals surface area contributed by atoms with Crippen LogP contribution >= 0.6 is 31.9 Å². The standard InChI is InChI=1S/C12H18Br2O3/c1-5-12(6-8(13)14)7(2)9-10(17-12)16-11(3,4)15-9/h6-7,9-10H,5H2,1-4H3/t7-,9?,10+,12+/m1/s1. The van der Waals surface area contributed by atoms with Crippen LogP contribution in [0, 0.1) is 5.92 Å². The van der Waals surface area contributed by atoms with Crippen molar-refractivity contribution in [3.63, 3.8) is 0 Å². The molecule has 3 nitrogen and oxygen atoms in total. The highest BCUT2D eigenvalue weighted by Gasteiger charge is 2.58. The first-order chi connectivity index (χ1) is 7.80. The number of halogens is 2. The fourth-order valence-electron chi connectivity index (χ4n) is 2.65. The van der Waals surface area contributed by atoms with E-state index in [1.165, 1.54) is 0 Å². The first-order valence-corrected chi connectivity index (χ1v) is 7.45. The predicted molar refractivity (Wildman–Crippen MR) is 73.0 cm³/mol. The van der Waals surface area contributed by atoms with Crippen LogP contribution in [0.3, 0.4) is 0 Å². The van der Waals surface area contributed by atoms with Gasteiger partial charge >= 0.3 is 0 Å². The van der Waals surface area contributed by atoms with Gasteiger partial charge < -0.3 is 14.2 Å². The van der Waals surface area contributed by atoms with Gasteiger partial charge in [-0.2, -0.15) is 0 Å². The van der Waals surface area contributed by atoms with Gasteiger partial charge in [0, 0.05) is 5.92 Å². The molecule has 0 bridgehead atoms. The highest BCUT2D eigenvalue weighted by Crippen LogP contribution is 2.48. The van der Waals surface area contributed by atoms with Crippen LogP contribution in [0.25, 0.3) is 0 Å². The Morgan fingerprint density at radius 2 is 1.88 bits per heavy atom. The zero-order valence-corrected chi connectivity index (χ0v) is 13.7. The van der Waals surface area contributed by atoms with E-state index in [4.69, 9.17) is 14.2 Å². The Morgan fingerprint density at radius 1 is 1.24 bits per heavy atom. The van der Waals surface area contributed by atoms with Crippen molar-refractivity contribution in [3.8, 4) is 0 Å². The van der Waals surface area contributed by atoms with E-state index in [-0.39, 0.29) is 23.9 Å². The van der Waals surface area contributed by atoms with Crippen molar-refractivity contribution in [1.82, 2.24) is 0 Å². The average molecular weight is 370 g/mol. The van der Waals surface area contributed by atoms with Gasteiger partial charge in [0.25, 0.3) is 0 Å². The lowest BCUT2D eigenvalue weighted by molar-refractivity contribution is -0.223. The van der Waals surface area contributed by atoms with Crippen LogP contribution in [0.15, 0.2) is 9.47 Å². The zero-order chi connectivity index (χ0) is 12.8. The lowest BCUT2D eigenvalue weighted by Crippen LogP contribution is -2.37. The molecule has 2 heterocycles. The highest BCUT2D eigenvalue weighted by molar-refractivity contribution is 9.28. The van der Waals surface area contributed by atoms with Crippen molar-refractivity contribution < 1.29 is 14.2 Å². The van der Waals surface area contributed by atoms with E-state index >= 15 is 0 Å². The summed E-state index contributed by atoms with van der Waals surface area (Å²) in [7, 11) is 0. The molecule has 0 radical (unpaired) electrons. The number of ether oxygens (including phenoxy) is 3. The monoisotopic (exact) mass is 368 g/mol. The van der Waals surface area contributed by atoms with Crippen molar-refractivity contribution in [1.29, 1.82) is 0 Å². The smallest absolute Gasteiger partial charge is 0.188 e. The van der Waals surface area contributed by atoms with Gasteiger partial charge in [-0.15, -0.1) is 0 Å². The Hall–Kier alpha value is 0.580. The maximum absolute atomic E-state index is 6.10. The molecular weight excluding hydrogens is 352 g/mol. The minimum absolute atomic E-state index is 0.000509. The second-order valence-corrected chi connectivity index (χ2v) is 7.89. The van der Waals surface area contributed by atoms with E-state index in [9.17, 15) is 0 Å². The van der Waals surface area contributed by atoms with Crippen LogP contribution < -0.4 is 0 Å². The van der Waals surface area contributed by atoms with Gasteiger partial charge in [-0.1, -0.05) is 13.8 Å². The fourth-order valence-corrected chi connectivity index (χ4v) is 3.42. The average Bonchev–Trinajstić information content (AvgIpc) is 2.60. The quantitative estimate of drug-likeness (QED) is 0.738. The lowest BCUT2D eigenvalue weighted by atomic mass is 9.85. The number of rotatable bonds is 2. The minimum Gasteiger partial charge on any atom is -0.341 e. The summed E-state index contributed by atoms with van der Waals surface area (Å²) in [5.74, 6) is -0.289. The molecule has 98 valence electrons. The molecule has 2 aliphatic heterocycles. The molecular formula is C12H18Br2O3. The number of hydrogen-bond donors (Lipinski definition) is 0. The molecule has 2 aliphatic rings. The van der Waals surface area contributed by atoms with Gasteiger partial charge in [0.15, 0.2) is 12.1 Å². The van der Waals surface area contributed by atoms with Crippen LogP contribution in [0.5, 0.6) is 0 Å². The van der Waals surface area contributed by atoms with Crippen LogP contribution in [0.2, 0.25) is 0 Å². The van der Waals surface area contributed by atoms with E-state index in [2.05, 4.69) is 51.8 Å². The Kier molecular flexibility index (Phi) is 3.79. The molecule has 0 aromatic heterocycles. The lowest BCUT2D eigenvalue weighted by Gasteiger charge is -2.32. The largest absolute Gasteiger partial charge is 0.341 e. The summed E-state index contributed by atoms with van der Waals surface area (Å²) in [4.78, 5) is 0. The molecule has 0 amide bonds. The summed E-state index contributed by atoms with van der Waals surface area (Å²) < 4.78 is 18.7. The van der Waals surface area contributed by atoms with Gasteiger partial charge in [-0.25, -0.2) is 0 Å². The maximum atomic E-state index is 6.10. The van der Waals surface area contributed by atoms with Gasteiger partial charge in [0.05, 0.1) is 8.99 Å². The second kappa shape index (κ2) is 4.60. The number of hydrogen-bond acceptors (Lipinski definition) is 3. The molecule has 2 saturated heterocycles. The molecule has 5 heteroatoms. The van der Waals surface area contributed by atoms with Crippen molar-refractivity contribution >= 4 is 31.9 Å². The first kappa shape index (κ1) is 14.0. The molecule has 0 saturated carbocycles. The molecule has 0 N–H and O–H groups in total. The van der Waals surface area contributed by atoms with E-state index in [1.807, 2.05) is 13.8 Å². The third kappa shape index (κ3) is 2.50. The molecule has 0 aromatic carbocycles. The summed E-state index contributed by atoms with van der Waals surface area (Å²) >= 11 is 6.81. The van der Waals surface area contributed by atoms with Crippen LogP contribution in [-0.4, -0.2) is 23.8 Å². The minimum atomic E-state index is -0.543. The molecule has 1 unspecified atom stereocenters. The van der Waals surface area contributed by atoms with Gasteiger partial charge in [0.2, 0.25) is 0 Å². The molecule has 0 spiro atoms. The summed E-state index contributed by atoms with van der Waals surface area (Å²) in [6.45, 7) is 8.11. The van der Waals surface area contributed by atoms with Crippen LogP contribution in [0.1, 0.15) is 34.1 Å². The summed E-state index contributed by atoms with van der Waals surface area (Å²) in [5, 5.41) is 0. The molecule has 4 atom stereocenters. The van der Waals surface area contributed by atoms with Gasteiger partial charge in [-0.05, 0) is 58.2 Å². The van der Waals surface area contributed by atoms with Crippen molar-refractivity contribution in [2.45, 2.75) is 57.9 Å². The maximum Gasteiger partial charge on any atom is 0.188 e. The Bertz CT molecular complexity index is 339. The second-order valence-electron chi connectivity index (χ2n) is 5.12. The van der Waals surface area contributed by atoms with Gasteiger partial charge in [-0.3, -0.25) is 0 Å². The molecule has 2 rings (SSSR count). The van der Waals surface area contributed by atoms with Crippen molar-refractivity contribution in [3.05, 3.63) is 9.47 Å². The van der Waals surface area contributed by atoms with Crippen molar-refractivity contribution in [2.75, 3.05) is 0 Å². The number of fused-ring (bicyclic) bond motifs is 1. The summed E-state index contributed by atoms with van der Waals surface area (Å²) in [5.41, 5.74) is -0.325. The van der Waals surface area contributed by atoms with Crippen LogP contribution in [-0.2, 0) is 14.2 Å². The van der Waals surface area contributed by atoms with Crippen molar-refractivity contribution in [2.24, 2.45) is 5.92 Å². The normalized spacial score (nSPS) is 43.5. The van der Waals surface area contributed by atoms with E-state index in [0.29, 0.717) is 0 Å². The zero-order valence-electron chi connectivity index (χ0n) is 10.5.